The Bertz CT molecular complexity index is 1330. The van der Waals surface area contributed by atoms with Crippen LogP contribution in [0.4, 0.5) is 5.69 Å². The van der Waals surface area contributed by atoms with Gasteiger partial charge in [-0.1, -0.05) is 36.4 Å². The van der Waals surface area contributed by atoms with Gasteiger partial charge in [0.05, 0.1) is 22.8 Å². The standard InChI is InChI=1S/C25H20N4O3S/c26-25(31)21-16-28(19-9-4-5-10-20(19)32-21)23(30)13-12-17-15-29(18-7-2-1-3-8-18)27-24(17)22-11-6-14-33-22/h1-15,21H,16H2,(H2,26,31)/b13-12+. The Kier molecular flexibility index (Phi) is 5.50. The van der Waals surface area contributed by atoms with Crippen molar-refractivity contribution in [2.24, 2.45) is 5.73 Å². The molecule has 2 aromatic heterocycles. The zero-order chi connectivity index (χ0) is 22.8. The van der Waals surface area contributed by atoms with Gasteiger partial charge in [-0.3, -0.25) is 9.59 Å². The van der Waals surface area contributed by atoms with Crippen LogP contribution in [0, 0.1) is 0 Å². The van der Waals surface area contributed by atoms with Crippen molar-refractivity contribution in [2.75, 3.05) is 11.4 Å². The van der Waals surface area contributed by atoms with Crippen LogP contribution in [0.25, 0.3) is 22.3 Å². The average molecular weight is 457 g/mol. The number of carbonyl (C=O) groups is 2. The van der Waals surface area contributed by atoms with Crippen molar-refractivity contribution in [1.82, 2.24) is 9.78 Å². The van der Waals surface area contributed by atoms with E-state index >= 15 is 0 Å². The molecule has 2 aromatic carbocycles. The molecule has 2 amide bonds. The van der Waals surface area contributed by atoms with Gasteiger partial charge in [-0.25, -0.2) is 4.68 Å². The monoisotopic (exact) mass is 456 g/mol. The van der Waals surface area contributed by atoms with Crippen LogP contribution < -0.4 is 15.4 Å². The maximum absolute atomic E-state index is 13.2. The van der Waals surface area contributed by atoms with Gasteiger partial charge in [0.25, 0.3) is 11.8 Å². The summed E-state index contributed by atoms with van der Waals surface area (Å²) in [5, 5.41) is 6.74. The van der Waals surface area contributed by atoms with Crippen LogP contribution in [0.2, 0.25) is 0 Å². The minimum absolute atomic E-state index is 0.0522. The van der Waals surface area contributed by atoms with Crippen molar-refractivity contribution in [3.63, 3.8) is 0 Å². The first-order chi connectivity index (χ1) is 16.1. The number of nitrogens with zero attached hydrogens (tertiary/aromatic N) is 3. The molecule has 0 saturated carbocycles. The normalized spacial score (nSPS) is 15.3. The third-order valence-corrected chi connectivity index (χ3v) is 6.16. The molecule has 2 N–H and O–H groups in total. The van der Waals surface area contributed by atoms with Gasteiger partial charge in [-0.15, -0.1) is 11.3 Å². The first-order valence-corrected chi connectivity index (χ1v) is 11.2. The lowest BCUT2D eigenvalue weighted by molar-refractivity contribution is -0.125. The first-order valence-electron chi connectivity index (χ1n) is 10.3. The number of nitrogens with two attached hydrogens (primary N) is 1. The largest absolute Gasteiger partial charge is 0.477 e. The van der Waals surface area contributed by atoms with Crippen LogP contribution in [0.5, 0.6) is 5.75 Å². The lowest BCUT2D eigenvalue weighted by atomic mass is 10.1. The Morgan fingerprint density at radius 2 is 1.85 bits per heavy atom. The van der Waals surface area contributed by atoms with Crippen LogP contribution >= 0.6 is 11.3 Å². The summed E-state index contributed by atoms with van der Waals surface area (Å²) in [5.74, 6) is -0.442. The number of primary amides is 1. The lowest BCUT2D eigenvalue weighted by Crippen LogP contribution is -2.49. The molecular formula is C25H20N4O3S. The Morgan fingerprint density at radius 1 is 1.06 bits per heavy atom. The molecule has 1 unspecified atom stereocenters. The fraction of sp³-hybridized carbons (Fsp3) is 0.0800. The van der Waals surface area contributed by atoms with E-state index in [4.69, 9.17) is 15.6 Å². The summed E-state index contributed by atoms with van der Waals surface area (Å²) >= 11 is 1.58. The second-order valence-electron chi connectivity index (χ2n) is 7.45. The molecule has 0 saturated heterocycles. The Morgan fingerprint density at radius 3 is 2.61 bits per heavy atom. The number of hydrogen-bond donors (Lipinski definition) is 1. The van der Waals surface area contributed by atoms with E-state index in [2.05, 4.69) is 0 Å². The molecule has 0 aliphatic carbocycles. The number of amides is 2. The second-order valence-corrected chi connectivity index (χ2v) is 8.40. The second kappa shape index (κ2) is 8.76. The highest BCUT2D eigenvalue weighted by Crippen LogP contribution is 2.34. The van der Waals surface area contributed by atoms with Gasteiger partial charge in [0.1, 0.15) is 11.4 Å². The number of anilines is 1. The summed E-state index contributed by atoms with van der Waals surface area (Å²) in [5.41, 5.74) is 8.57. The van der Waals surface area contributed by atoms with Crippen LogP contribution in [-0.2, 0) is 9.59 Å². The first kappa shape index (κ1) is 20.7. The molecule has 1 aliphatic rings. The van der Waals surface area contributed by atoms with Gasteiger partial charge in [0.15, 0.2) is 6.10 Å². The number of hydrogen-bond acceptors (Lipinski definition) is 5. The molecule has 164 valence electrons. The molecule has 1 atom stereocenters. The quantitative estimate of drug-likeness (QED) is 0.461. The lowest BCUT2D eigenvalue weighted by Gasteiger charge is -2.32. The Hall–Kier alpha value is -4.17. The van der Waals surface area contributed by atoms with Crippen LogP contribution in [0.1, 0.15) is 5.56 Å². The van der Waals surface area contributed by atoms with E-state index in [9.17, 15) is 9.59 Å². The van der Waals surface area contributed by atoms with Crippen LogP contribution in [0.15, 0.2) is 84.4 Å². The summed E-state index contributed by atoms with van der Waals surface area (Å²) < 4.78 is 7.45. The van der Waals surface area contributed by atoms with E-state index in [1.165, 1.54) is 11.0 Å². The van der Waals surface area contributed by atoms with Crippen molar-refractivity contribution < 1.29 is 14.3 Å². The number of benzene rings is 2. The van der Waals surface area contributed by atoms with E-state index in [1.54, 1.807) is 40.3 Å². The molecule has 8 heteroatoms. The van der Waals surface area contributed by atoms with Crippen LogP contribution in [0.3, 0.4) is 0 Å². The molecule has 3 heterocycles. The molecule has 1 aliphatic heterocycles. The van der Waals surface area contributed by atoms with Gasteiger partial charge in [-0.2, -0.15) is 5.10 Å². The highest BCUT2D eigenvalue weighted by atomic mass is 32.1. The van der Waals surface area contributed by atoms with E-state index in [0.717, 1.165) is 21.8 Å². The molecule has 0 bridgehead atoms. The van der Waals surface area contributed by atoms with E-state index < -0.39 is 12.0 Å². The van der Waals surface area contributed by atoms with Crippen molar-refractivity contribution in [3.05, 3.63) is 89.9 Å². The molecule has 0 radical (unpaired) electrons. The molecule has 7 nitrogen and oxygen atoms in total. The van der Waals surface area contributed by atoms with Crippen LogP contribution in [-0.4, -0.2) is 34.2 Å². The number of para-hydroxylation sites is 3. The minimum Gasteiger partial charge on any atom is -0.477 e. The summed E-state index contributed by atoms with van der Waals surface area (Å²) in [7, 11) is 0. The zero-order valence-corrected chi connectivity index (χ0v) is 18.3. The number of thiophene rings is 1. The van der Waals surface area contributed by atoms with E-state index in [1.807, 2.05) is 60.1 Å². The van der Waals surface area contributed by atoms with Crippen molar-refractivity contribution >= 4 is 34.9 Å². The summed E-state index contributed by atoms with van der Waals surface area (Å²) in [6.07, 6.45) is 4.23. The van der Waals surface area contributed by atoms with E-state index in [0.29, 0.717) is 11.4 Å². The Labute approximate surface area is 194 Å². The number of rotatable bonds is 5. The van der Waals surface area contributed by atoms with Gasteiger partial charge >= 0.3 is 0 Å². The number of fused-ring (bicyclic) bond motifs is 1. The highest BCUT2D eigenvalue weighted by molar-refractivity contribution is 7.13. The summed E-state index contributed by atoms with van der Waals surface area (Å²) in [6, 6.07) is 20.9. The smallest absolute Gasteiger partial charge is 0.260 e. The van der Waals surface area contributed by atoms with Crippen molar-refractivity contribution in [2.45, 2.75) is 6.10 Å². The topological polar surface area (TPSA) is 90.5 Å². The number of aromatic nitrogens is 2. The SMILES string of the molecule is NC(=O)C1CN(C(=O)/C=C/c2cn(-c3ccccc3)nc2-c2cccs2)c2ccccc2O1. The molecule has 4 aromatic rings. The van der Waals surface area contributed by atoms with Gasteiger partial charge in [0.2, 0.25) is 0 Å². The van der Waals surface area contributed by atoms with Gasteiger partial charge in [0, 0.05) is 17.8 Å². The molecular weight excluding hydrogens is 436 g/mol. The fourth-order valence-electron chi connectivity index (χ4n) is 3.67. The maximum atomic E-state index is 13.2. The Balaban J connectivity index is 1.48. The fourth-order valence-corrected chi connectivity index (χ4v) is 4.40. The summed E-state index contributed by atoms with van der Waals surface area (Å²) in [6.45, 7) is 0.0522. The van der Waals surface area contributed by atoms with Crippen molar-refractivity contribution in [3.8, 4) is 22.0 Å². The predicted molar refractivity (Wildman–Crippen MR) is 128 cm³/mol. The number of carbonyl (C=O) groups excluding carboxylic acids is 2. The molecule has 0 fully saturated rings. The van der Waals surface area contributed by atoms with Crippen molar-refractivity contribution in [1.29, 1.82) is 0 Å². The third-order valence-electron chi connectivity index (χ3n) is 5.28. The third kappa shape index (κ3) is 4.16. The molecule has 0 spiro atoms. The van der Waals surface area contributed by atoms with E-state index in [-0.39, 0.29) is 12.5 Å². The summed E-state index contributed by atoms with van der Waals surface area (Å²) in [4.78, 5) is 27.5. The average Bonchev–Trinajstić information content (AvgIpc) is 3.52. The zero-order valence-electron chi connectivity index (χ0n) is 17.5. The maximum Gasteiger partial charge on any atom is 0.260 e. The van der Waals surface area contributed by atoms with Gasteiger partial charge < -0.3 is 15.4 Å². The number of ether oxygens (including phenoxy) is 1. The van der Waals surface area contributed by atoms with Gasteiger partial charge in [-0.05, 0) is 41.8 Å². The minimum atomic E-state index is -0.903. The molecule has 5 rings (SSSR count). The molecule has 33 heavy (non-hydrogen) atoms. The predicted octanol–water partition coefficient (Wildman–Crippen LogP) is 3.89. The highest BCUT2D eigenvalue weighted by Gasteiger charge is 2.31.